The highest BCUT2D eigenvalue weighted by atomic mass is 32.2. The van der Waals surface area contributed by atoms with Gasteiger partial charge in [0.2, 0.25) is 0 Å². The van der Waals surface area contributed by atoms with Crippen LogP contribution in [-0.2, 0) is 16.4 Å². The number of carbonyl (C=O) groups excluding carboxylic acids is 1. The predicted molar refractivity (Wildman–Crippen MR) is 79.0 cm³/mol. The molecule has 7 nitrogen and oxygen atoms in total. The van der Waals surface area contributed by atoms with E-state index in [0.29, 0.717) is 12.0 Å². The number of aromatic amines is 1. The van der Waals surface area contributed by atoms with Gasteiger partial charge in [0.1, 0.15) is 0 Å². The lowest BCUT2D eigenvalue weighted by atomic mass is 10.1. The van der Waals surface area contributed by atoms with Crippen molar-refractivity contribution in [3.8, 4) is 0 Å². The van der Waals surface area contributed by atoms with Crippen LogP contribution >= 0.6 is 0 Å². The van der Waals surface area contributed by atoms with E-state index in [1.807, 2.05) is 6.07 Å². The molecular formula is C13H19N3O4S. The first-order valence-corrected chi connectivity index (χ1v) is 8.53. The Labute approximate surface area is 123 Å². The summed E-state index contributed by atoms with van der Waals surface area (Å²) in [7, 11) is -3.02. The largest absolute Gasteiger partial charge is 0.334 e. The number of rotatable bonds is 3. The molecule has 1 atom stereocenters. The van der Waals surface area contributed by atoms with Gasteiger partial charge in [0, 0.05) is 17.3 Å². The minimum absolute atomic E-state index is 0.0233. The Morgan fingerprint density at radius 1 is 1.43 bits per heavy atom. The van der Waals surface area contributed by atoms with Crippen molar-refractivity contribution in [2.45, 2.75) is 32.9 Å². The fourth-order valence-corrected chi connectivity index (χ4v) is 4.09. The zero-order valence-electron chi connectivity index (χ0n) is 12.0. The van der Waals surface area contributed by atoms with E-state index < -0.39 is 15.9 Å². The highest BCUT2D eigenvalue weighted by Gasteiger charge is 2.28. The zero-order valence-corrected chi connectivity index (χ0v) is 12.8. The number of hydrogen-bond acceptors (Lipinski definition) is 4. The van der Waals surface area contributed by atoms with Crippen molar-refractivity contribution in [3.63, 3.8) is 0 Å². The molecule has 0 aromatic carbocycles. The molecule has 2 heterocycles. The van der Waals surface area contributed by atoms with Crippen molar-refractivity contribution in [2.24, 2.45) is 0 Å². The number of aryl methyl sites for hydroxylation is 2. The summed E-state index contributed by atoms with van der Waals surface area (Å²) < 4.78 is 22.6. The first-order valence-electron chi connectivity index (χ1n) is 6.71. The fraction of sp³-hybridized carbons (Fsp3) is 0.538. The molecule has 2 amide bonds. The van der Waals surface area contributed by atoms with Crippen LogP contribution in [0, 0.1) is 13.8 Å². The molecule has 2 rings (SSSR count). The van der Waals surface area contributed by atoms with Gasteiger partial charge in [-0.15, -0.1) is 0 Å². The zero-order chi connectivity index (χ0) is 15.6. The van der Waals surface area contributed by atoms with E-state index in [1.54, 1.807) is 13.8 Å². The summed E-state index contributed by atoms with van der Waals surface area (Å²) in [5.41, 5.74) is 1.84. The van der Waals surface area contributed by atoms with Crippen LogP contribution in [0.2, 0.25) is 0 Å². The summed E-state index contributed by atoms with van der Waals surface area (Å²) in [4.78, 5) is 26.2. The van der Waals surface area contributed by atoms with E-state index in [9.17, 15) is 18.0 Å². The summed E-state index contributed by atoms with van der Waals surface area (Å²) in [6.07, 6.45) is 0.430. The molecule has 21 heavy (non-hydrogen) atoms. The Balaban J connectivity index is 1.92. The van der Waals surface area contributed by atoms with Gasteiger partial charge in [-0.25, -0.2) is 13.2 Å². The van der Waals surface area contributed by atoms with Crippen LogP contribution in [-0.4, -0.2) is 37.0 Å². The molecule has 1 aromatic rings. The van der Waals surface area contributed by atoms with Gasteiger partial charge >= 0.3 is 6.03 Å². The molecule has 0 unspecified atom stereocenters. The number of urea groups is 1. The van der Waals surface area contributed by atoms with Gasteiger partial charge in [0.05, 0.1) is 18.1 Å². The lowest BCUT2D eigenvalue weighted by molar-refractivity contribution is 0.237. The molecule has 1 aromatic heterocycles. The van der Waals surface area contributed by atoms with Gasteiger partial charge in [0.25, 0.3) is 5.56 Å². The second kappa shape index (κ2) is 5.88. The number of carbonyl (C=O) groups is 1. The van der Waals surface area contributed by atoms with Gasteiger partial charge in [-0.1, -0.05) is 0 Å². The molecule has 1 aliphatic rings. The van der Waals surface area contributed by atoms with Crippen molar-refractivity contribution in [1.29, 1.82) is 0 Å². The Bertz CT molecular complexity index is 709. The third kappa shape index (κ3) is 4.07. The first kappa shape index (κ1) is 15.6. The molecule has 0 radical (unpaired) electrons. The Hall–Kier alpha value is -1.83. The van der Waals surface area contributed by atoms with Crippen LogP contribution in [0.15, 0.2) is 10.9 Å². The lowest BCUT2D eigenvalue weighted by Crippen LogP contribution is -2.43. The minimum atomic E-state index is -3.02. The number of sulfone groups is 1. The van der Waals surface area contributed by atoms with Gasteiger partial charge in [0.15, 0.2) is 9.84 Å². The van der Waals surface area contributed by atoms with E-state index in [0.717, 1.165) is 11.3 Å². The summed E-state index contributed by atoms with van der Waals surface area (Å²) in [6.45, 7) is 3.70. The average molecular weight is 313 g/mol. The van der Waals surface area contributed by atoms with Crippen LogP contribution in [0.3, 0.4) is 0 Å². The quantitative estimate of drug-likeness (QED) is 0.728. The standard InChI is InChI=1S/C13H19N3O4S/c1-8-5-9(2)15-12(17)11(8)6-14-13(18)16-10-3-4-21(19,20)7-10/h5,10H,3-4,6-7H2,1-2H3,(H,15,17)(H2,14,16,18)/t10-/m1/s1. The maximum absolute atomic E-state index is 11.8. The van der Waals surface area contributed by atoms with Gasteiger partial charge in [-0.3, -0.25) is 4.79 Å². The molecule has 116 valence electrons. The Morgan fingerprint density at radius 2 is 2.14 bits per heavy atom. The number of pyridine rings is 1. The number of amides is 2. The van der Waals surface area contributed by atoms with Crippen molar-refractivity contribution in [1.82, 2.24) is 15.6 Å². The first-order chi connectivity index (χ1) is 9.77. The van der Waals surface area contributed by atoms with Crippen LogP contribution in [0.25, 0.3) is 0 Å². The summed E-state index contributed by atoms with van der Waals surface area (Å²) >= 11 is 0. The maximum atomic E-state index is 11.8. The van der Waals surface area contributed by atoms with Crippen LogP contribution in [0.1, 0.15) is 23.2 Å². The van der Waals surface area contributed by atoms with Crippen molar-refractivity contribution in [3.05, 3.63) is 33.2 Å². The summed E-state index contributed by atoms with van der Waals surface area (Å²) in [5, 5.41) is 5.20. The average Bonchev–Trinajstić information content (AvgIpc) is 2.67. The number of nitrogens with one attached hydrogen (secondary N) is 3. The third-order valence-corrected chi connectivity index (χ3v) is 5.26. The molecule has 1 saturated heterocycles. The molecule has 3 N–H and O–H groups in total. The van der Waals surface area contributed by atoms with Gasteiger partial charge in [-0.05, 0) is 31.9 Å². The normalized spacial score (nSPS) is 20.2. The van der Waals surface area contributed by atoms with E-state index in [4.69, 9.17) is 0 Å². The van der Waals surface area contributed by atoms with Crippen molar-refractivity contribution < 1.29 is 13.2 Å². The molecule has 8 heteroatoms. The number of H-pyrrole nitrogens is 1. The fourth-order valence-electron chi connectivity index (χ4n) is 2.42. The third-order valence-electron chi connectivity index (χ3n) is 3.49. The monoisotopic (exact) mass is 313 g/mol. The SMILES string of the molecule is Cc1cc(C)c(CNC(=O)N[C@@H]2CCS(=O)(=O)C2)c(=O)[nH]1. The highest BCUT2D eigenvalue weighted by Crippen LogP contribution is 2.11. The molecular weight excluding hydrogens is 294 g/mol. The summed E-state index contributed by atoms with van der Waals surface area (Å²) in [5.74, 6) is 0.0826. The highest BCUT2D eigenvalue weighted by molar-refractivity contribution is 7.91. The molecule has 0 saturated carbocycles. The van der Waals surface area contributed by atoms with E-state index >= 15 is 0 Å². The molecule has 1 fully saturated rings. The van der Waals surface area contributed by atoms with Crippen molar-refractivity contribution in [2.75, 3.05) is 11.5 Å². The second-order valence-electron chi connectivity index (χ2n) is 5.37. The van der Waals surface area contributed by atoms with Crippen LogP contribution < -0.4 is 16.2 Å². The van der Waals surface area contributed by atoms with Crippen LogP contribution in [0.5, 0.6) is 0 Å². The molecule has 0 bridgehead atoms. The molecule has 0 spiro atoms. The Morgan fingerprint density at radius 3 is 2.71 bits per heavy atom. The van der Waals surface area contributed by atoms with E-state index in [1.165, 1.54) is 0 Å². The van der Waals surface area contributed by atoms with Crippen LogP contribution in [0.4, 0.5) is 4.79 Å². The smallest absolute Gasteiger partial charge is 0.315 e. The van der Waals surface area contributed by atoms with Crippen molar-refractivity contribution >= 4 is 15.9 Å². The van der Waals surface area contributed by atoms with E-state index in [2.05, 4.69) is 15.6 Å². The predicted octanol–water partition coefficient (Wildman–Crippen LogP) is -0.0220. The number of hydrogen-bond donors (Lipinski definition) is 3. The molecule has 0 aliphatic carbocycles. The minimum Gasteiger partial charge on any atom is -0.334 e. The second-order valence-corrected chi connectivity index (χ2v) is 7.60. The van der Waals surface area contributed by atoms with E-state index in [-0.39, 0.29) is 29.7 Å². The summed E-state index contributed by atoms with van der Waals surface area (Å²) in [6, 6.07) is 1.02. The topological polar surface area (TPSA) is 108 Å². The van der Waals surface area contributed by atoms with Gasteiger partial charge < -0.3 is 15.6 Å². The molecule has 1 aliphatic heterocycles. The maximum Gasteiger partial charge on any atom is 0.315 e. The van der Waals surface area contributed by atoms with Gasteiger partial charge in [-0.2, -0.15) is 0 Å². The number of aromatic nitrogens is 1. The Kier molecular flexibility index (Phi) is 4.36. The lowest BCUT2D eigenvalue weighted by Gasteiger charge is -2.12.